The third-order valence-electron chi connectivity index (χ3n) is 3.44. The zero-order valence-electron chi connectivity index (χ0n) is 11.2. The standard InChI is InChI=1S/C14H15N3O3/c1-9-15-16-13(20-9)8-17-6-2-3-10-7-11(14(18)19)4-5-12(10)17/h4-5,7H,2-3,6,8H2,1H3,(H,18,19). The van der Waals surface area contributed by atoms with Gasteiger partial charge in [-0.05, 0) is 36.6 Å². The van der Waals surface area contributed by atoms with Crippen molar-refractivity contribution in [1.29, 1.82) is 0 Å². The lowest BCUT2D eigenvalue weighted by Gasteiger charge is -2.30. The van der Waals surface area contributed by atoms with Crippen LogP contribution in [0.3, 0.4) is 0 Å². The molecule has 1 aliphatic heterocycles. The van der Waals surface area contributed by atoms with E-state index in [4.69, 9.17) is 9.52 Å². The van der Waals surface area contributed by atoms with Gasteiger partial charge in [0.2, 0.25) is 11.8 Å². The van der Waals surface area contributed by atoms with Crippen molar-refractivity contribution in [3.63, 3.8) is 0 Å². The van der Waals surface area contributed by atoms with Crippen LogP contribution in [0.15, 0.2) is 22.6 Å². The summed E-state index contributed by atoms with van der Waals surface area (Å²) in [5, 5.41) is 16.9. The molecule has 2 aromatic rings. The number of aromatic nitrogens is 2. The Morgan fingerprint density at radius 1 is 1.45 bits per heavy atom. The third-order valence-corrected chi connectivity index (χ3v) is 3.44. The first-order valence-corrected chi connectivity index (χ1v) is 6.53. The number of carboxylic acids is 1. The van der Waals surface area contributed by atoms with Crippen molar-refractivity contribution < 1.29 is 14.3 Å². The van der Waals surface area contributed by atoms with E-state index in [0.29, 0.717) is 23.9 Å². The molecule has 3 rings (SSSR count). The number of hydrogen-bond acceptors (Lipinski definition) is 5. The van der Waals surface area contributed by atoms with Gasteiger partial charge in [-0.15, -0.1) is 10.2 Å². The predicted octanol–water partition coefficient (Wildman–Crippen LogP) is 2.03. The number of nitrogens with zero attached hydrogens (tertiary/aromatic N) is 3. The van der Waals surface area contributed by atoms with Crippen molar-refractivity contribution in [2.45, 2.75) is 26.3 Å². The van der Waals surface area contributed by atoms with Gasteiger partial charge in [-0.1, -0.05) is 0 Å². The molecule has 6 nitrogen and oxygen atoms in total. The normalized spacial score (nSPS) is 14.2. The first-order chi connectivity index (χ1) is 9.63. The molecule has 0 radical (unpaired) electrons. The number of benzene rings is 1. The van der Waals surface area contributed by atoms with Crippen molar-refractivity contribution in [3.05, 3.63) is 41.1 Å². The van der Waals surface area contributed by atoms with Crippen LogP contribution in [0.25, 0.3) is 0 Å². The average Bonchev–Trinajstić information content (AvgIpc) is 2.84. The molecule has 1 aliphatic rings. The van der Waals surface area contributed by atoms with Gasteiger partial charge in [0.1, 0.15) is 0 Å². The van der Waals surface area contributed by atoms with Crippen LogP contribution < -0.4 is 4.90 Å². The molecular formula is C14H15N3O3. The molecule has 0 saturated carbocycles. The van der Waals surface area contributed by atoms with E-state index in [1.54, 1.807) is 19.1 Å². The smallest absolute Gasteiger partial charge is 0.335 e. The van der Waals surface area contributed by atoms with Crippen molar-refractivity contribution in [1.82, 2.24) is 10.2 Å². The van der Waals surface area contributed by atoms with E-state index in [9.17, 15) is 4.79 Å². The van der Waals surface area contributed by atoms with Crippen LogP contribution in [0.5, 0.6) is 0 Å². The lowest BCUT2D eigenvalue weighted by Crippen LogP contribution is -2.29. The van der Waals surface area contributed by atoms with Crippen LogP contribution in [0.1, 0.15) is 34.1 Å². The summed E-state index contributed by atoms with van der Waals surface area (Å²) in [5.74, 6) is 0.244. The Kier molecular flexibility index (Phi) is 3.14. The molecule has 0 aliphatic carbocycles. The number of carbonyl (C=O) groups is 1. The monoisotopic (exact) mass is 273 g/mol. The molecule has 0 amide bonds. The summed E-state index contributed by atoms with van der Waals surface area (Å²) in [6, 6.07) is 5.25. The molecule has 2 heterocycles. The SMILES string of the molecule is Cc1nnc(CN2CCCc3cc(C(=O)O)ccc32)o1. The fourth-order valence-corrected chi connectivity index (χ4v) is 2.54. The van der Waals surface area contributed by atoms with Gasteiger partial charge in [-0.2, -0.15) is 0 Å². The number of hydrogen-bond donors (Lipinski definition) is 1. The van der Waals surface area contributed by atoms with Crippen LogP contribution in [0.2, 0.25) is 0 Å². The summed E-state index contributed by atoms with van der Waals surface area (Å²) < 4.78 is 5.41. The van der Waals surface area contributed by atoms with Gasteiger partial charge in [0, 0.05) is 19.2 Å². The Morgan fingerprint density at radius 2 is 2.30 bits per heavy atom. The van der Waals surface area contributed by atoms with Gasteiger partial charge in [-0.3, -0.25) is 0 Å². The Balaban J connectivity index is 1.88. The van der Waals surface area contributed by atoms with Gasteiger partial charge in [0.05, 0.1) is 12.1 Å². The molecule has 0 spiro atoms. The molecule has 1 N–H and O–H groups in total. The quantitative estimate of drug-likeness (QED) is 0.921. The van der Waals surface area contributed by atoms with Crippen LogP contribution in [-0.2, 0) is 13.0 Å². The minimum Gasteiger partial charge on any atom is -0.478 e. The van der Waals surface area contributed by atoms with E-state index < -0.39 is 5.97 Å². The topological polar surface area (TPSA) is 79.5 Å². The largest absolute Gasteiger partial charge is 0.478 e. The molecular weight excluding hydrogens is 258 g/mol. The summed E-state index contributed by atoms with van der Waals surface area (Å²) in [7, 11) is 0. The molecule has 1 aromatic carbocycles. The second-order valence-electron chi connectivity index (χ2n) is 4.89. The molecule has 0 unspecified atom stereocenters. The van der Waals surface area contributed by atoms with E-state index in [1.165, 1.54) is 0 Å². The van der Waals surface area contributed by atoms with Crippen LogP contribution in [0, 0.1) is 6.92 Å². The highest BCUT2D eigenvalue weighted by atomic mass is 16.4. The van der Waals surface area contributed by atoms with Crippen LogP contribution in [-0.4, -0.2) is 27.8 Å². The fourth-order valence-electron chi connectivity index (χ4n) is 2.54. The van der Waals surface area contributed by atoms with E-state index in [0.717, 1.165) is 30.6 Å². The molecule has 6 heteroatoms. The maximum atomic E-state index is 11.0. The van der Waals surface area contributed by atoms with E-state index >= 15 is 0 Å². The predicted molar refractivity (Wildman–Crippen MR) is 71.8 cm³/mol. The lowest BCUT2D eigenvalue weighted by molar-refractivity contribution is 0.0696. The summed E-state index contributed by atoms with van der Waals surface area (Å²) >= 11 is 0. The zero-order valence-corrected chi connectivity index (χ0v) is 11.2. The van der Waals surface area contributed by atoms with Gasteiger partial charge in [-0.25, -0.2) is 4.79 Å². The Morgan fingerprint density at radius 3 is 3.00 bits per heavy atom. The number of aryl methyl sites for hydroxylation is 2. The number of rotatable bonds is 3. The van der Waals surface area contributed by atoms with Gasteiger partial charge in [0.25, 0.3) is 0 Å². The summed E-state index contributed by atoms with van der Waals surface area (Å²) in [6.45, 7) is 3.22. The molecule has 0 bridgehead atoms. The van der Waals surface area contributed by atoms with Crippen molar-refractivity contribution in [3.8, 4) is 0 Å². The summed E-state index contributed by atoms with van der Waals surface area (Å²) in [5.41, 5.74) is 2.45. The number of aromatic carboxylic acids is 1. The lowest BCUT2D eigenvalue weighted by atomic mass is 9.99. The number of fused-ring (bicyclic) bond motifs is 1. The number of anilines is 1. The second-order valence-corrected chi connectivity index (χ2v) is 4.89. The highest BCUT2D eigenvalue weighted by Gasteiger charge is 2.20. The van der Waals surface area contributed by atoms with E-state index in [1.807, 2.05) is 6.07 Å². The van der Waals surface area contributed by atoms with E-state index in [-0.39, 0.29) is 0 Å². The minimum absolute atomic E-state index is 0.333. The van der Waals surface area contributed by atoms with Crippen molar-refractivity contribution in [2.24, 2.45) is 0 Å². The summed E-state index contributed by atoms with van der Waals surface area (Å²) in [4.78, 5) is 13.2. The maximum absolute atomic E-state index is 11.0. The van der Waals surface area contributed by atoms with E-state index in [2.05, 4.69) is 15.1 Å². The van der Waals surface area contributed by atoms with Gasteiger partial charge >= 0.3 is 5.97 Å². The fraction of sp³-hybridized carbons (Fsp3) is 0.357. The van der Waals surface area contributed by atoms with Gasteiger partial charge < -0.3 is 14.4 Å². The Labute approximate surface area is 116 Å². The number of carboxylic acid groups (broad SMARTS) is 1. The molecule has 20 heavy (non-hydrogen) atoms. The van der Waals surface area contributed by atoms with Crippen molar-refractivity contribution >= 4 is 11.7 Å². The maximum Gasteiger partial charge on any atom is 0.335 e. The van der Waals surface area contributed by atoms with Crippen LogP contribution in [0.4, 0.5) is 5.69 Å². The first-order valence-electron chi connectivity index (χ1n) is 6.53. The summed E-state index contributed by atoms with van der Waals surface area (Å²) in [6.07, 6.45) is 1.89. The Bertz CT molecular complexity index is 651. The van der Waals surface area contributed by atoms with Gasteiger partial charge in [0.15, 0.2) is 0 Å². The molecule has 0 fully saturated rings. The molecule has 104 valence electrons. The molecule has 0 saturated heterocycles. The van der Waals surface area contributed by atoms with Crippen molar-refractivity contribution in [2.75, 3.05) is 11.4 Å². The third kappa shape index (κ3) is 2.36. The van der Waals surface area contributed by atoms with Crippen LogP contribution >= 0.6 is 0 Å². The highest BCUT2D eigenvalue weighted by Crippen LogP contribution is 2.29. The zero-order chi connectivity index (χ0) is 14.1. The highest BCUT2D eigenvalue weighted by molar-refractivity contribution is 5.88. The first kappa shape index (κ1) is 12.7. The minimum atomic E-state index is -0.891. The molecule has 1 aromatic heterocycles. The Hall–Kier alpha value is -2.37. The second kappa shape index (κ2) is 4.96. The average molecular weight is 273 g/mol. The molecule has 0 atom stereocenters.